The molecule has 0 aliphatic rings. The number of aryl methyl sites for hydroxylation is 1. The van der Waals surface area contributed by atoms with Crippen molar-refractivity contribution in [3.8, 4) is 0 Å². The summed E-state index contributed by atoms with van der Waals surface area (Å²) in [5, 5.41) is 3.32. The van der Waals surface area contributed by atoms with Gasteiger partial charge < -0.3 is 5.32 Å². The molecule has 0 unspecified atom stereocenters. The van der Waals surface area contributed by atoms with E-state index >= 15 is 0 Å². The second-order valence-corrected chi connectivity index (χ2v) is 4.58. The predicted molar refractivity (Wildman–Crippen MR) is 65.8 cm³/mol. The van der Waals surface area contributed by atoms with Gasteiger partial charge in [-0.25, -0.2) is 4.39 Å². The number of benzene rings is 1. The Balaban J connectivity index is 2.33. The van der Waals surface area contributed by atoms with Crippen LogP contribution in [0.4, 0.5) is 4.39 Å². The highest BCUT2D eigenvalue weighted by molar-refractivity contribution is 7.98. The van der Waals surface area contributed by atoms with Crippen molar-refractivity contribution in [1.29, 1.82) is 0 Å². The van der Waals surface area contributed by atoms with Gasteiger partial charge in [-0.1, -0.05) is 6.07 Å². The molecule has 1 rings (SSSR count). The van der Waals surface area contributed by atoms with E-state index in [0.717, 1.165) is 30.6 Å². The Morgan fingerprint density at radius 3 is 2.93 bits per heavy atom. The molecule has 0 aliphatic heterocycles. The molecule has 0 saturated heterocycles. The van der Waals surface area contributed by atoms with E-state index in [1.807, 2.05) is 24.8 Å². The van der Waals surface area contributed by atoms with Crippen LogP contribution in [-0.2, 0) is 6.54 Å². The van der Waals surface area contributed by atoms with Gasteiger partial charge in [0, 0.05) is 6.54 Å². The fourth-order valence-corrected chi connectivity index (χ4v) is 1.83. The summed E-state index contributed by atoms with van der Waals surface area (Å²) in [4.78, 5) is 0. The standard InChI is InChI=1S/C12H18FNS/c1-10-4-5-12(13)8-11(10)9-14-6-3-7-15-2/h4-5,8,14H,3,6-7,9H2,1-2H3. The number of nitrogens with one attached hydrogen (secondary N) is 1. The van der Waals surface area contributed by atoms with Gasteiger partial charge in [0.1, 0.15) is 5.82 Å². The van der Waals surface area contributed by atoms with Gasteiger partial charge in [-0.15, -0.1) is 0 Å². The summed E-state index contributed by atoms with van der Waals surface area (Å²) in [5.41, 5.74) is 2.20. The zero-order valence-electron chi connectivity index (χ0n) is 9.35. The van der Waals surface area contributed by atoms with Crippen LogP contribution in [0, 0.1) is 12.7 Å². The van der Waals surface area contributed by atoms with Crippen LogP contribution in [-0.4, -0.2) is 18.6 Å². The topological polar surface area (TPSA) is 12.0 Å². The molecule has 3 heteroatoms. The molecule has 0 saturated carbocycles. The van der Waals surface area contributed by atoms with Crippen molar-refractivity contribution >= 4 is 11.8 Å². The summed E-state index contributed by atoms with van der Waals surface area (Å²) in [5.74, 6) is 1.02. The minimum absolute atomic E-state index is 0.151. The number of halogens is 1. The molecule has 0 radical (unpaired) electrons. The number of rotatable bonds is 6. The molecule has 0 bridgehead atoms. The van der Waals surface area contributed by atoms with Gasteiger partial charge in [0.15, 0.2) is 0 Å². The van der Waals surface area contributed by atoms with Crippen molar-refractivity contribution in [2.75, 3.05) is 18.6 Å². The highest BCUT2D eigenvalue weighted by atomic mass is 32.2. The first kappa shape index (κ1) is 12.5. The Hall–Kier alpha value is -0.540. The summed E-state index contributed by atoms with van der Waals surface area (Å²) < 4.78 is 12.9. The molecule has 0 spiro atoms. The Bertz CT molecular complexity index is 302. The molecule has 84 valence electrons. The predicted octanol–water partition coefficient (Wildman–Crippen LogP) is 2.98. The van der Waals surface area contributed by atoms with Crippen LogP contribution in [0.15, 0.2) is 18.2 Å². The maximum absolute atomic E-state index is 12.9. The van der Waals surface area contributed by atoms with Crippen LogP contribution in [0.25, 0.3) is 0 Å². The molecule has 0 fully saturated rings. The van der Waals surface area contributed by atoms with Gasteiger partial charge in [0.25, 0.3) is 0 Å². The molecule has 1 nitrogen and oxygen atoms in total. The molecule has 1 aromatic carbocycles. The third-order valence-electron chi connectivity index (χ3n) is 2.33. The SMILES string of the molecule is CSCCCNCc1cc(F)ccc1C. The van der Waals surface area contributed by atoms with Gasteiger partial charge in [0.2, 0.25) is 0 Å². The normalized spacial score (nSPS) is 10.6. The highest BCUT2D eigenvalue weighted by Crippen LogP contribution is 2.09. The van der Waals surface area contributed by atoms with Crippen LogP contribution in [0.5, 0.6) is 0 Å². The molecule has 0 aliphatic carbocycles. The first-order chi connectivity index (χ1) is 7.24. The molecule has 1 N–H and O–H groups in total. The van der Waals surface area contributed by atoms with Crippen molar-refractivity contribution in [2.24, 2.45) is 0 Å². The summed E-state index contributed by atoms with van der Waals surface area (Å²) >= 11 is 1.85. The fourth-order valence-electron chi connectivity index (χ4n) is 1.40. The Morgan fingerprint density at radius 2 is 2.20 bits per heavy atom. The Labute approximate surface area is 95.5 Å². The minimum atomic E-state index is -0.151. The average Bonchev–Trinajstić information content (AvgIpc) is 2.23. The first-order valence-corrected chi connectivity index (χ1v) is 6.58. The summed E-state index contributed by atoms with van der Waals surface area (Å²) in [7, 11) is 0. The third-order valence-corrected chi connectivity index (χ3v) is 3.03. The molecular formula is C12H18FNS. The monoisotopic (exact) mass is 227 g/mol. The van der Waals surface area contributed by atoms with Crippen LogP contribution < -0.4 is 5.32 Å². The zero-order valence-corrected chi connectivity index (χ0v) is 10.2. The zero-order chi connectivity index (χ0) is 11.1. The fraction of sp³-hybridized carbons (Fsp3) is 0.500. The van der Waals surface area contributed by atoms with Gasteiger partial charge in [-0.3, -0.25) is 0 Å². The number of thioether (sulfide) groups is 1. The van der Waals surface area contributed by atoms with E-state index in [1.165, 1.54) is 11.8 Å². The maximum Gasteiger partial charge on any atom is 0.123 e. The molecule has 0 aromatic heterocycles. The summed E-state index contributed by atoms with van der Waals surface area (Å²) in [6.45, 7) is 3.77. The average molecular weight is 227 g/mol. The van der Waals surface area contributed by atoms with E-state index < -0.39 is 0 Å². The van der Waals surface area contributed by atoms with Gasteiger partial charge >= 0.3 is 0 Å². The van der Waals surface area contributed by atoms with Crippen molar-refractivity contribution in [3.63, 3.8) is 0 Å². The van der Waals surface area contributed by atoms with Crippen LogP contribution in [0.1, 0.15) is 17.5 Å². The quantitative estimate of drug-likeness (QED) is 0.750. The largest absolute Gasteiger partial charge is 0.313 e. The van der Waals surface area contributed by atoms with Crippen LogP contribution >= 0.6 is 11.8 Å². The number of hydrogen-bond donors (Lipinski definition) is 1. The van der Waals surface area contributed by atoms with Crippen molar-refractivity contribution in [1.82, 2.24) is 5.32 Å². The van der Waals surface area contributed by atoms with Crippen LogP contribution in [0.2, 0.25) is 0 Å². The Morgan fingerprint density at radius 1 is 1.40 bits per heavy atom. The van der Waals surface area contributed by atoms with E-state index in [2.05, 4.69) is 11.6 Å². The lowest BCUT2D eigenvalue weighted by Crippen LogP contribution is -2.16. The van der Waals surface area contributed by atoms with E-state index in [0.29, 0.717) is 0 Å². The van der Waals surface area contributed by atoms with Crippen LogP contribution in [0.3, 0.4) is 0 Å². The molecule has 0 heterocycles. The summed E-state index contributed by atoms with van der Waals surface area (Å²) in [6, 6.07) is 4.94. The van der Waals surface area contributed by atoms with Gasteiger partial charge in [0.05, 0.1) is 0 Å². The second-order valence-electron chi connectivity index (χ2n) is 3.59. The minimum Gasteiger partial charge on any atom is -0.313 e. The van der Waals surface area contributed by atoms with Gasteiger partial charge in [-0.2, -0.15) is 11.8 Å². The Kier molecular flexibility index (Phi) is 5.73. The van der Waals surface area contributed by atoms with E-state index in [4.69, 9.17) is 0 Å². The van der Waals surface area contributed by atoms with E-state index in [1.54, 1.807) is 6.07 Å². The van der Waals surface area contributed by atoms with Gasteiger partial charge in [-0.05, 0) is 55.2 Å². The van der Waals surface area contributed by atoms with E-state index in [9.17, 15) is 4.39 Å². The third kappa shape index (κ3) is 4.67. The summed E-state index contributed by atoms with van der Waals surface area (Å²) in [6.07, 6.45) is 3.27. The molecule has 1 aromatic rings. The number of hydrogen-bond acceptors (Lipinski definition) is 2. The second kappa shape index (κ2) is 6.85. The first-order valence-electron chi connectivity index (χ1n) is 5.18. The maximum atomic E-state index is 12.9. The lowest BCUT2D eigenvalue weighted by molar-refractivity contribution is 0.618. The lowest BCUT2D eigenvalue weighted by Gasteiger charge is -2.07. The van der Waals surface area contributed by atoms with Crippen molar-refractivity contribution in [3.05, 3.63) is 35.1 Å². The van der Waals surface area contributed by atoms with Crippen molar-refractivity contribution in [2.45, 2.75) is 19.9 Å². The van der Waals surface area contributed by atoms with Crippen molar-refractivity contribution < 1.29 is 4.39 Å². The smallest absolute Gasteiger partial charge is 0.123 e. The molecule has 0 amide bonds. The molecule has 0 atom stereocenters. The highest BCUT2D eigenvalue weighted by Gasteiger charge is 1.99. The molecule has 15 heavy (non-hydrogen) atoms. The lowest BCUT2D eigenvalue weighted by atomic mass is 10.1. The molecular weight excluding hydrogens is 209 g/mol. The van der Waals surface area contributed by atoms with E-state index in [-0.39, 0.29) is 5.82 Å².